The van der Waals surface area contributed by atoms with Gasteiger partial charge in [0.25, 0.3) is 0 Å². The molecular formula is C10H9F13O3S. The second kappa shape index (κ2) is 7.11. The first-order valence-electron chi connectivity index (χ1n) is 6.38. The fourth-order valence-electron chi connectivity index (χ4n) is 1.60. The van der Waals surface area contributed by atoms with Crippen molar-refractivity contribution in [3.05, 3.63) is 0 Å². The second-order valence-electron chi connectivity index (χ2n) is 5.24. The predicted molar refractivity (Wildman–Crippen MR) is 60.8 cm³/mol. The van der Waals surface area contributed by atoms with Crippen LogP contribution in [0, 0.1) is 0 Å². The van der Waals surface area contributed by atoms with E-state index in [9.17, 15) is 65.5 Å². The third-order valence-electron chi connectivity index (χ3n) is 3.14. The van der Waals surface area contributed by atoms with Crippen molar-refractivity contribution in [3.8, 4) is 0 Å². The highest BCUT2D eigenvalue weighted by molar-refractivity contribution is 7.87. The zero-order valence-corrected chi connectivity index (χ0v) is 13.2. The molecule has 0 aliphatic heterocycles. The molecule has 3 nitrogen and oxygen atoms in total. The number of hydrogen-bond donors (Lipinski definition) is 1. The van der Waals surface area contributed by atoms with Crippen LogP contribution < -0.4 is 0 Å². The van der Waals surface area contributed by atoms with Crippen LogP contribution in [-0.4, -0.2) is 48.1 Å². The summed E-state index contributed by atoms with van der Waals surface area (Å²) < 4.78 is 194. The predicted octanol–water partition coefficient (Wildman–Crippen LogP) is 5.13. The quantitative estimate of drug-likeness (QED) is 0.297. The molecule has 0 saturated heterocycles. The van der Waals surface area contributed by atoms with Gasteiger partial charge >= 0.3 is 45.2 Å². The third-order valence-corrected chi connectivity index (χ3v) is 4.04. The molecule has 27 heavy (non-hydrogen) atoms. The maximum Gasteiger partial charge on any atom is 0.438 e. The van der Waals surface area contributed by atoms with Gasteiger partial charge in [-0.15, -0.1) is 0 Å². The molecule has 0 aromatic rings. The summed E-state index contributed by atoms with van der Waals surface area (Å²) in [5, 5.41) is -7.29. The fraction of sp³-hybridized carbons (Fsp3) is 1.00. The van der Waals surface area contributed by atoms with Crippen LogP contribution in [0.2, 0.25) is 0 Å². The minimum atomic E-state index is -7.73. The molecule has 0 unspecified atom stereocenters. The molecule has 0 radical (unpaired) electrons. The van der Waals surface area contributed by atoms with Gasteiger partial charge in [0.05, 0.1) is 0 Å². The van der Waals surface area contributed by atoms with Crippen LogP contribution in [0.4, 0.5) is 57.1 Å². The van der Waals surface area contributed by atoms with E-state index in [1.807, 2.05) is 0 Å². The summed E-state index contributed by atoms with van der Waals surface area (Å²) in [6.07, 6.45) is -12.1. The second-order valence-corrected chi connectivity index (χ2v) is 6.70. The van der Waals surface area contributed by atoms with Crippen LogP contribution in [-0.2, 0) is 10.1 Å². The average molecular weight is 456 g/mol. The molecule has 0 bridgehead atoms. The maximum absolute atomic E-state index is 13.2. The Morgan fingerprint density at radius 3 is 1.30 bits per heavy atom. The Balaban J connectivity index is 5.75. The minimum absolute atomic E-state index is 1.31. The molecule has 1 N–H and O–H groups in total. The number of hydrogen-bond acceptors (Lipinski definition) is 2. The van der Waals surface area contributed by atoms with Gasteiger partial charge in [-0.05, 0) is 12.8 Å². The largest absolute Gasteiger partial charge is 0.438 e. The lowest BCUT2D eigenvalue weighted by Crippen LogP contribution is -2.68. The lowest BCUT2D eigenvalue weighted by Gasteiger charge is -2.38. The Hall–Kier alpha value is -1.00. The highest BCUT2D eigenvalue weighted by Gasteiger charge is 2.88. The molecular weight excluding hydrogens is 447 g/mol. The van der Waals surface area contributed by atoms with Crippen molar-refractivity contribution in [1.82, 2.24) is 0 Å². The lowest BCUT2D eigenvalue weighted by molar-refractivity contribution is -0.390. The molecule has 0 atom stereocenters. The zero-order valence-electron chi connectivity index (χ0n) is 12.4. The van der Waals surface area contributed by atoms with Gasteiger partial charge in [0, 0.05) is 12.8 Å². The summed E-state index contributed by atoms with van der Waals surface area (Å²) in [7, 11) is -7.45. The fourth-order valence-corrected chi connectivity index (χ4v) is 2.05. The van der Waals surface area contributed by atoms with Gasteiger partial charge in [-0.1, -0.05) is 0 Å². The maximum atomic E-state index is 13.2. The van der Waals surface area contributed by atoms with Gasteiger partial charge in [-0.3, -0.25) is 4.55 Å². The van der Waals surface area contributed by atoms with E-state index in [1.54, 1.807) is 0 Å². The molecule has 0 aliphatic rings. The van der Waals surface area contributed by atoms with E-state index < -0.39 is 70.9 Å². The molecule has 0 fully saturated rings. The van der Waals surface area contributed by atoms with Crippen molar-refractivity contribution < 1.29 is 70.0 Å². The van der Waals surface area contributed by atoms with Crippen LogP contribution >= 0.6 is 0 Å². The molecule has 164 valence electrons. The Kier molecular flexibility index (Phi) is 6.85. The Labute approximate surface area is 142 Å². The van der Waals surface area contributed by atoms with E-state index in [0.29, 0.717) is 0 Å². The first-order chi connectivity index (χ1) is 11.5. The molecule has 0 aliphatic carbocycles. The first kappa shape index (κ1) is 26.0. The van der Waals surface area contributed by atoms with Crippen LogP contribution in [0.15, 0.2) is 0 Å². The van der Waals surface area contributed by atoms with Crippen molar-refractivity contribution in [1.29, 1.82) is 0 Å². The Morgan fingerprint density at radius 2 is 0.963 bits per heavy atom. The van der Waals surface area contributed by atoms with Crippen molar-refractivity contribution in [3.63, 3.8) is 0 Å². The summed E-state index contributed by atoms with van der Waals surface area (Å²) in [5.41, 5.74) is 0. The number of rotatable bonds is 9. The van der Waals surface area contributed by atoms with Gasteiger partial charge in [0.15, 0.2) is 0 Å². The summed E-state index contributed by atoms with van der Waals surface area (Å²) in [5.74, 6) is -29.0. The molecule has 0 spiro atoms. The van der Waals surface area contributed by atoms with E-state index in [1.165, 1.54) is 0 Å². The Bertz CT molecular complexity index is 623. The number of unbranched alkanes of at least 4 members (excludes halogenated alkanes) is 1. The summed E-state index contributed by atoms with van der Waals surface area (Å²) in [6, 6.07) is 0. The minimum Gasteiger partial charge on any atom is -0.281 e. The van der Waals surface area contributed by atoms with Gasteiger partial charge in [-0.25, -0.2) is 0 Å². The monoisotopic (exact) mass is 456 g/mol. The van der Waals surface area contributed by atoms with E-state index >= 15 is 0 Å². The number of halogens is 13. The van der Waals surface area contributed by atoms with Crippen LogP contribution in [0.5, 0.6) is 0 Å². The third kappa shape index (κ3) is 4.71. The lowest BCUT2D eigenvalue weighted by atomic mass is 9.94. The van der Waals surface area contributed by atoms with Gasteiger partial charge < -0.3 is 0 Å². The van der Waals surface area contributed by atoms with Crippen LogP contribution in [0.1, 0.15) is 25.7 Å². The van der Waals surface area contributed by atoms with Gasteiger partial charge in [0.2, 0.25) is 0 Å². The first-order valence-corrected chi connectivity index (χ1v) is 7.82. The van der Waals surface area contributed by atoms with Crippen LogP contribution in [0.25, 0.3) is 0 Å². The normalized spacial score (nSPS) is 15.9. The molecule has 17 heteroatoms. The average Bonchev–Trinajstić information content (AvgIpc) is 2.40. The molecule has 0 saturated carbocycles. The molecule has 0 aromatic heterocycles. The SMILES string of the molecule is O=S(=O)(O)C(F)(F)C(F)(F)C(F)(F)C(F)(F)C(F)(F)CCCCC(F)(F)F. The van der Waals surface area contributed by atoms with Crippen molar-refractivity contribution in [2.45, 2.75) is 60.8 Å². The van der Waals surface area contributed by atoms with Gasteiger partial charge in [-0.2, -0.15) is 65.5 Å². The summed E-state index contributed by atoms with van der Waals surface area (Å²) in [6.45, 7) is 0. The molecule has 0 aromatic carbocycles. The molecule has 0 heterocycles. The standard InChI is InChI=1S/C10H9F13O3S/c11-5(12,3-1-2-4-6(13,14)15)7(16,17)8(18,19)9(20,21)10(22,23)27(24,25)26/h1-4H2,(H,24,25,26). The molecule has 0 amide bonds. The topological polar surface area (TPSA) is 54.4 Å². The summed E-state index contributed by atoms with van der Waals surface area (Å²) in [4.78, 5) is 0. The van der Waals surface area contributed by atoms with E-state index in [4.69, 9.17) is 4.55 Å². The highest BCUT2D eigenvalue weighted by atomic mass is 32.2. The molecule has 0 rings (SSSR count). The highest BCUT2D eigenvalue weighted by Crippen LogP contribution is 2.58. The van der Waals surface area contributed by atoms with Crippen molar-refractivity contribution in [2.75, 3.05) is 0 Å². The van der Waals surface area contributed by atoms with Crippen molar-refractivity contribution in [2.24, 2.45) is 0 Å². The van der Waals surface area contributed by atoms with E-state index in [0.717, 1.165) is 0 Å². The Morgan fingerprint density at radius 1 is 0.593 bits per heavy atom. The zero-order chi connectivity index (χ0) is 22.3. The number of alkyl halides is 13. The smallest absolute Gasteiger partial charge is 0.281 e. The van der Waals surface area contributed by atoms with Gasteiger partial charge in [0.1, 0.15) is 0 Å². The van der Waals surface area contributed by atoms with Crippen LogP contribution in [0.3, 0.4) is 0 Å². The summed E-state index contributed by atoms with van der Waals surface area (Å²) >= 11 is 0. The van der Waals surface area contributed by atoms with Crippen molar-refractivity contribution >= 4 is 10.1 Å². The van der Waals surface area contributed by atoms with E-state index in [-0.39, 0.29) is 0 Å². The van der Waals surface area contributed by atoms with E-state index in [2.05, 4.69) is 0 Å².